The van der Waals surface area contributed by atoms with E-state index < -0.39 is 10.0 Å². The molecule has 2 N–H and O–H groups in total. The highest BCUT2D eigenvalue weighted by Crippen LogP contribution is 2.21. The van der Waals surface area contributed by atoms with E-state index in [0.717, 1.165) is 22.7 Å². The van der Waals surface area contributed by atoms with E-state index in [2.05, 4.69) is 17.0 Å². The highest BCUT2D eigenvalue weighted by molar-refractivity contribution is 7.89. The minimum Gasteiger partial charge on any atom is -0.312 e. The molecule has 0 saturated heterocycles. The Bertz CT molecular complexity index is 674. The first-order valence-electron chi connectivity index (χ1n) is 6.89. The van der Waals surface area contributed by atoms with E-state index >= 15 is 0 Å². The molecule has 0 unspecified atom stereocenters. The Hall–Kier alpha value is -0.730. The molecule has 0 aliphatic rings. The molecule has 0 spiro atoms. The third-order valence-electron chi connectivity index (χ3n) is 3.13. The molecule has 21 heavy (non-hydrogen) atoms. The summed E-state index contributed by atoms with van der Waals surface area (Å²) < 4.78 is 27.3. The summed E-state index contributed by atoms with van der Waals surface area (Å²) in [6, 6.07) is 3.79. The average molecular weight is 345 g/mol. The van der Waals surface area contributed by atoms with Crippen molar-refractivity contribution in [1.29, 1.82) is 0 Å². The van der Waals surface area contributed by atoms with Crippen molar-refractivity contribution in [1.82, 2.24) is 10.0 Å². The molecule has 0 saturated carbocycles. The molecule has 0 amide bonds. The fraction of sp³-hybridized carbons (Fsp3) is 0.429. The fourth-order valence-corrected chi connectivity index (χ4v) is 5.17. The lowest BCUT2D eigenvalue weighted by Crippen LogP contribution is -2.22. The Balaban J connectivity index is 2.03. The van der Waals surface area contributed by atoms with Gasteiger partial charge in [0.15, 0.2) is 0 Å². The van der Waals surface area contributed by atoms with Gasteiger partial charge in [0.25, 0.3) is 0 Å². The molecule has 0 radical (unpaired) electrons. The molecule has 116 valence electrons. The third-order valence-corrected chi connectivity index (χ3v) is 6.56. The van der Waals surface area contributed by atoms with Crippen molar-refractivity contribution in [2.24, 2.45) is 0 Å². The maximum absolute atomic E-state index is 12.3. The normalized spacial score (nSPS) is 11.9. The van der Waals surface area contributed by atoms with Gasteiger partial charge in [-0.15, -0.1) is 22.7 Å². The number of rotatable bonds is 8. The number of aryl methyl sites for hydroxylation is 1. The van der Waals surface area contributed by atoms with E-state index in [9.17, 15) is 8.42 Å². The van der Waals surface area contributed by atoms with Gasteiger partial charge in [0.2, 0.25) is 10.0 Å². The molecule has 0 aliphatic carbocycles. The SMILES string of the molecule is CCNCc1cc(S(=O)(=O)NCc2sccc2CC)cs1. The second kappa shape index (κ2) is 7.51. The van der Waals surface area contributed by atoms with E-state index in [4.69, 9.17) is 0 Å². The van der Waals surface area contributed by atoms with Crippen molar-refractivity contribution >= 4 is 32.7 Å². The number of nitrogens with one attached hydrogen (secondary N) is 2. The van der Waals surface area contributed by atoms with E-state index in [1.165, 1.54) is 16.9 Å². The predicted octanol–water partition coefficient (Wildman–Crippen LogP) is 2.96. The molecular formula is C14H20N2O2S3. The Kier molecular flexibility index (Phi) is 5.95. The summed E-state index contributed by atoms with van der Waals surface area (Å²) >= 11 is 3.06. The van der Waals surface area contributed by atoms with Crippen LogP contribution in [0.5, 0.6) is 0 Å². The van der Waals surface area contributed by atoms with E-state index in [0.29, 0.717) is 18.0 Å². The molecule has 0 aromatic carbocycles. The first-order chi connectivity index (χ1) is 10.1. The molecule has 0 atom stereocenters. The van der Waals surface area contributed by atoms with Gasteiger partial charge in [0.05, 0.1) is 4.90 Å². The van der Waals surface area contributed by atoms with Crippen LogP contribution in [0, 0.1) is 0 Å². The highest BCUT2D eigenvalue weighted by Gasteiger charge is 2.16. The van der Waals surface area contributed by atoms with Crippen molar-refractivity contribution in [2.45, 2.75) is 38.3 Å². The molecule has 2 heterocycles. The molecular weight excluding hydrogens is 324 g/mol. The van der Waals surface area contributed by atoms with Crippen LogP contribution in [0.4, 0.5) is 0 Å². The van der Waals surface area contributed by atoms with Crippen LogP contribution < -0.4 is 10.0 Å². The van der Waals surface area contributed by atoms with Gasteiger partial charge in [-0.1, -0.05) is 13.8 Å². The summed E-state index contributed by atoms with van der Waals surface area (Å²) in [5.74, 6) is 0. The minimum absolute atomic E-state index is 0.356. The van der Waals surface area contributed by atoms with Crippen LogP contribution in [0.15, 0.2) is 27.8 Å². The second-order valence-electron chi connectivity index (χ2n) is 4.58. The zero-order valence-electron chi connectivity index (χ0n) is 12.2. The monoisotopic (exact) mass is 344 g/mol. The van der Waals surface area contributed by atoms with Crippen LogP contribution in [0.25, 0.3) is 0 Å². The Morgan fingerprint density at radius 1 is 1.19 bits per heavy atom. The lowest BCUT2D eigenvalue weighted by molar-refractivity contribution is 0.582. The number of sulfonamides is 1. The lowest BCUT2D eigenvalue weighted by Gasteiger charge is -2.05. The number of hydrogen-bond donors (Lipinski definition) is 2. The quantitative estimate of drug-likeness (QED) is 0.774. The first-order valence-corrected chi connectivity index (χ1v) is 10.1. The van der Waals surface area contributed by atoms with Crippen LogP contribution in [-0.2, 0) is 29.5 Å². The van der Waals surface area contributed by atoms with Crippen molar-refractivity contribution < 1.29 is 8.42 Å². The summed E-state index contributed by atoms with van der Waals surface area (Å²) in [4.78, 5) is 2.47. The smallest absolute Gasteiger partial charge is 0.241 e. The lowest BCUT2D eigenvalue weighted by atomic mass is 10.2. The van der Waals surface area contributed by atoms with Gasteiger partial charge in [0, 0.05) is 28.2 Å². The van der Waals surface area contributed by atoms with Gasteiger partial charge in [0.1, 0.15) is 0 Å². The van der Waals surface area contributed by atoms with Crippen LogP contribution >= 0.6 is 22.7 Å². The molecule has 0 bridgehead atoms. The van der Waals surface area contributed by atoms with Gasteiger partial charge in [-0.05, 0) is 36.0 Å². The zero-order valence-corrected chi connectivity index (χ0v) is 14.6. The van der Waals surface area contributed by atoms with Crippen molar-refractivity contribution in [3.05, 3.63) is 38.2 Å². The standard InChI is InChI=1S/C14H20N2O2S3/c1-3-11-5-6-19-14(11)9-16-21(17,18)13-7-12(20-10-13)8-15-4-2/h5-7,10,15-16H,3-4,8-9H2,1-2H3. The van der Waals surface area contributed by atoms with E-state index in [1.807, 2.05) is 18.4 Å². The first kappa shape index (κ1) is 16.6. The average Bonchev–Trinajstić information content (AvgIpc) is 3.12. The number of hydrogen-bond acceptors (Lipinski definition) is 5. The molecule has 7 heteroatoms. The van der Waals surface area contributed by atoms with Gasteiger partial charge < -0.3 is 5.32 Å². The molecule has 4 nitrogen and oxygen atoms in total. The van der Waals surface area contributed by atoms with Crippen LogP contribution in [0.3, 0.4) is 0 Å². The molecule has 0 fully saturated rings. The third kappa shape index (κ3) is 4.37. The minimum atomic E-state index is -3.43. The van der Waals surface area contributed by atoms with Crippen molar-refractivity contribution in [3.63, 3.8) is 0 Å². The summed E-state index contributed by atoms with van der Waals surface area (Å²) in [6.45, 7) is 6.05. The Labute approximate surface area is 134 Å². The van der Waals surface area contributed by atoms with Crippen LogP contribution in [-0.4, -0.2) is 15.0 Å². The molecule has 2 aromatic heterocycles. The summed E-state index contributed by atoms with van der Waals surface area (Å²) in [6.07, 6.45) is 0.922. The van der Waals surface area contributed by atoms with Crippen molar-refractivity contribution in [2.75, 3.05) is 6.54 Å². The summed E-state index contributed by atoms with van der Waals surface area (Å²) in [5.41, 5.74) is 1.21. The van der Waals surface area contributed by atoms with Gasteiger partial charge in [-0.25, -0.2) is 13.1 Å². The van der Waals surface area contributed by atoms with Crippen molar-refractivity contribution in [3.8, 4) is 0 Å². The Morgan fingerprint density at radius 2 is 2.00 bits per heavy atom. The van der Waals surface area contributed by atoms with Gasteiger partial charge in [-0.3, -0.25) is 0 Å². The van der Waals surface area contributed by atoms with Crippen LogP contribution in [0.1, 0.15) is 29.2 Å². The highest BCUT2D eigenvalue weighted by atomic mass is 32.2. The second-order valence-corrected chi connectivity index (χ2v) is 8.34. The molecule has 0 aliphatic heterocycles. The topological polar surface area (TPSA) is 58.2 Å². The van der Waals surface area contributed by atoms with Crippen LogP contribution in [0.2, 0.25) is 0 Å². The predicted molar refractivity (Wildman–Crippen MR) is 89.4 cm³/mol. The zero-order chi connectivity index (χ0) is 15.3. The van der Waals surface area contributed by atoms with Gasteiger partial charge in [-0.2, -0.15) is 0 Å². The summed E-state index contributed by atoms with van der Waals surface area (Å²) in [7, 11) is -3.43. The maximum Gasteiger partial charge on any atom is 0.241 e. The largest absolute Gasteiger partial charge is 0.312 e. The van der Waals surface area contributed by atoms with Gasteiger partial charge >= 0.3 is 0 Å². The van der Waals surface area contributed by atoms with E-state index in [-0.39, 0.29) is 0 Å². The Morgan fingerprint density at radius 3 is 2.71 bits per heavy atom. The summed E-state index contributed by atoms with van der Waals surface area (Å²) in [5, 5.41) is 6.90. The molecule has 2 rings (SSSR count). The maximum atomic E-state index is 12.3. The fourth-order valence-electron chi connectivity index (χ4n) is 1.92. The molecule has 2 aromatic rings. The van der Waals surface area contributed by atoms with E-state index in [1.54, 1.807) is 22.8 Å². The number of thiophene rings is 2.